The molecule has 0 unspecified atom stereocenters. The van der Waals surface area contributed by atoms with Crippen molar-refractivity contribution in [1.29, 1.82) is 0 Å². The first kappa shape index (κ1) is 11.9. The molecule has 0 atom stereocenters. The Hall–Kier alpha value is -0.570. The topological polar surface area (TPSA) is 38.3 Å². The predicted molar refractivity (Wildman–Crippen MR) is 63.0 cm³/mol. The van der Waals surface area contributed by atoms with Crippen molar-refractivity contribution >= 4 is 5.91 Å². The molecule has 0 aliphatic heterocycles. The third kappa shape index (κ3) is 1.56. The van der Waals surface area contributed by atoms with Crippen LogP contribution < -0.4 is 5.32 Å². The highest BCUT2D eigenvalue weighted by molar-refractivity contribution is 5.81. The molecule has 0 aromatic rings. The molecule has 3 heteroatoms. The minimum Gasteiger partial charge on any atom is -0.380 e. The lowest BCUT2D eigenvalue weighted by atomic mass is 9.49. The summed E-state index contributed by atoms with van der Waals surface area (Å²) in [6.07, 6.45) is 2.34. The molecule has 2 aliphatic carbocycles. The Labute approximate surface area is 97.9 Å². The molecule has 92 valence electrons. The van der Waals surface area contributed by atoms with Gasteiger partial charge < -0.3 is 10.1 Å². The van der Waals surface area contributed by atoms with Crippen molar-refractivity contribution in [1.82, 2.24) is 5.32 Å². The normalized spacial score (nSPS) is 35.3. The third-order valence-electron chi connectivity index (χ3n) is 4.31. The Kier molecular flexibility index (Phi) is 2.57. The minimum atomic E-state index is 0.0306. The quantitative estimate of drug-likeness (QED) is 0.797. The second kappa shape index (κ2) is 3.46. The van der Waals surface area contributed by atoms with Crippen LogP contribution in [0.5, 0.6) is 0 Å². The van der Waals surface area contributed by atoms with Crippen molar-refractivity contribution in [2.75, 3.05) is 7.11 Å². The summed E-state index contributed by atoms with van der Waals surface area (Å²) >= 11 is 0. The van der Waals surface area contributed by atoms with Gasteiger partial charge in [-0.05, 0) is 12.8 Å². The van der Waals surface area contributed by atoms with Gasteiger partial charge in [-0.15, -0.1) is 0 Å². The summed E-state index contributed by atoms with van der Waals surface area (Å²) in [4.78, 5) is 11.8. The second-order valence-electron chi connectivity index (χ2n) is 6.47. The monoisotopic (exact) mass is 225 g/mol. The van der Waals surface area contributed by atoms with Crippen LogP contribution in [0, 0.1) is 16.7 Å². The van der Waals surface area contributed by atoms with Crippen LogP contribution >= 0.6 is 0 Å². The predicted octanol–water partition coefficient (Wildman–Crippen LogP) is 1.96. The number of methoxy groups -OCH3 is 1. The van der Waals surface area contributed by atoms with Gasteiger partial charge >= 0.3 is 0 Å². The number of hydrogen-bond donors (Lipinski definition) is 1. The van der Waals surface area contributed by atoms with Gasteiger partial charge in [-0.2, -0.15) is 0 Å². The summed E-state index contributed by atoms with van der Waals surface area (Å²) in [7, 11) is 1.76. The van der Waals surface area contributed by atoms with Crippen molar-refractivity contribution in [3.8, 4) is 0 Å². The maximum Gasteiger partial charge on any atom is 0.223 e. The van der Waals surface area contributed by atoms with Crippen LogP contribution in [0.4, 0.5) is 0 Å². The standard InChI is InChI=1S/C13H23NO2/c1-12(2)10(13(3,4)11(12)16-5)14-9(15)8-6-7-8/h8,10-11H,6-7H2,1-5H3,(H,14,15). The molecule has 0 spiro atoms. The van der Waals surface area contributed by atoms with E-state index in [0.717, 1.165) is 12.8 Å². The van der Waals surface area contributed by atoms with Crippen molar-refractivity contribution in [2.24, 2.45) is 16.7 Å². The van der Waals surface area contributed by atoms with Crippen LogP contribution in [0.1, 0.15) is 40.5 Å². The highest BCUT2D eigenvalue weighted by Gasteiger charge is 2.63. The highest BCUT2D eigenvalue weighted by atomic mass is 16.5. The molecule has 0 bridgehead atoms. The molecule has 0 saturated heterocycles. The summed E-state index contributed by atoms with van der Waals surface area (Å²) in [5, 5.41) is 3.20. The Morgan fingerprint density at radius 2 is 1.69 bits per heavy atom. The number of nitrogens with one attached hydrogen (secondary N) is 1. The van der Waals surface area contributed by atoms with E-state index >= 15 is 0 Å². The average Bonchev–Trinajstić information content (AvgIpc) is 2.96. The highest BCUT2D eigenvalue weighted by Crippen LogP contribution is 2.55. The average molecular weight is 225 g/mol. The molecule has 2 rings (SSSR count). The number of ether oxygens (including phenoxy) is 1. The van der Waals surface area contributed by atoms with Gasteiger partial charge in [0.1, 0.15) is 0 Å². The van der Waals surface area contributed by atoms with Gasteiger partial charge in [-0.1, -0.05) is 27.7 Å². The van der Waals surface area contributed by atoms with E-state index in [1.807, 2.05) is 0 Å². The largest absolute Gasteiger partial charge is 0.380 e. The first-order valence-electron chi connectivity index (χ1n) is 6.15. The molecule has 2 saturated carbocycles. The molecule has 0 radical (unpaired) electrons. The van der Waals surface area contributed by atoms with E-state index in [2.05, 4.69) is 33.0 Å². The summed E-state index contributed by atoms with van der Waals surface area (Å²) in [5.41, 5.74) is 0.0611. The van der Waals surface area contributed by atoms with Gasteiger partial charge in [-0.25, -0.2) is 0 Å². The first-order valence-corrected chi connectivity index (χ1v) is 6.15. The molecule has 1 amide bonds. The zero-order valence-corrected chi connectivity index (χ0v) is 11.0. The fraction of sp³-hybridized carbons (Fsp3) is 0.923. The summed E-state index contributed by atoms with van der Waals surface area (Å²) in [6, 6.07) is 0.220. The Bertz CT molecular complexity index is 289. The second-order valence-corrected chi connectivity index (χ2v) is 6.47. The van der Waals surface area contributed by atoms with Crippen LogP contribution in [0.25, 0.3) is 0 Å². The Balaban J connectivity index is 2.06. The molecule has 0 aromatic carbocycles. The fourth-order valence-corrected chi connectivity index (χ4v) is 3.71. The van der Waals surface area contributed by atoms with E-state index in [0.29, 0.717) is 0 Å². The molecule has 0 heterocycles. The van der Waals surface area contributed by atoms with Gasteiger partial charge in [-0.3, -0.25) is 4.79 Å². The maximum absolute atomic E-state index is 11.8. The van der Waals surface area contributed by atoms with E-state index in [9.17, 15) is 4.79 Å². The summed E-state index contributed by atoms with van der Waals surface area (Å²) < 4.78 is 5.55. The van der Waals surface area contributed by atoms with Gasteiger partial charge in [0.2, 0.25) is 5.91 Å². The van der Waals surface area contributed by atoms with Crippen molar-refractivity contribution < 1.29 is 9.53 Å². The zero-order chi connectivity index (χ0) is 12.1. The zero-order valence-electron chi connectivity index (χ0n) is 11.0. The summed E-state index contributed by atoms with van der Waals surface area (Å²) in [6.45, 7) is 8.68. The van der Waals surface area contributed by atoms with Crippen LogP contribution in [0.3, 0.4) is 0 Å². The third-order valence-corrected chi connectivity index (χ3v) is 4.31. The maximum atomic E-state index is 11.8. The van der Waals surface area contributed by atoms with Crippen LogP contribution in [-0.2, 0) is 9.53 Å². The molecule has 0 aromatic heterocycles. The van der Waals surface area contributed by atoms with E-state index in [-0.39, 0.29) is 34.8 Å². The number of carbonyl (C=O) groups is 1. The molecule has 3 nitrogen and oxygen atoms in total. The van der Waals surface area contributed by atoms with E-state index < -0.39 is 0 Å². The molecular formula is C13H23NO2. The number of hydrogen-bond acceptors (Lipinski definition) is 2. The van der Waals surface area contributed by atoms with Gasteiger partial charge in [0, 0.05) is 29.9 Å². The van der Waals surface area contributed by atoms with Crippen molar-refractivity contribution in [3.63, 3.8) is 0 Å². The van der Waals surface area contributed by atoms with Crippen LogP contribution in [0.15, 0.2) is 0 Å². The molecule has 16 heavy (non-hydrogen) atoms. The SMILES string of the molecule is COC1C(C)(C)C(NC(=O)C2CC2)C1(C)C. The number of rotatable bonds is 3. The molecule has 2 aliphatic rings. The first-order chi connectivity index (χ1) is 7.31. The van der Waals surface area contributed by atoms with Crippen LogP contribution in [0.2, 0.25) is 0 Å². The van der Waals surface area contributed by atoms with E-state index in [1.165, 1.54) is 0 Å². The van der Waals surface area contributed by atoms with Crippen LogP contribution in [-0.4, -0.2) is 25.2 Å². The van der Waals surface area contributed by atoms with Gasteiger partial charge in [0.25, 0.3) is 0 Å². The number of carbonyl (C=O) groups excluding carboxylic acids is 1. The Morgan fingerprint density at radius 1 is 1.19 bits per heavy atom. The fourth-order valence-electron chi connectivity index (χ4n) is 3.71. The lowest BCUT2D eigenvalue weighted by Crippen LogP contribution is -2.73. The van der Waals surface area contributed by atoms with Crippen molar-refractivity contribution in [3.05, 3.63) is 0 Å². The van der Waals surface area contributed by atoms with E-state index in [1.54, 1.807) is 7.11 Å². The van der Waals surface area contributed by atoms with Gasteiger partial charge in [0.05, 0.1) is 6.10 Å². The van der Waals surface area contributed by atoms with Gasteiger partial charge in [0.15, 0.2) is 0 Å². The number of amides is 1. The lowest BCUT2D eigenvalue weighted by Gasteiger charge is -2.63. The smallest absolute Gasteiger partial charge is 0.223 e. The minimum absolute atomic E-state index is 0.0306. The lowest BCUT2D eigenvalue weighted by molar-refractivity contribution is -0.200. The Morgan fingerprint density at radius 3 is 2.06 bits per heavy atom. The van der Waals surface area contributed by atoms with Crippen molar-refractivity contribution in [2.45, 2.75) is 52.7 Å². The summed E-state index contributed by atoms with van der Waals surface area (Å²) in [5.74, 6) is 0.522. The molecule has 1 N–H and O–H groups in total. The van der Waals surface area contributed by atoms with E-state index in [4.69, 9.17) is 4.74 Å². The molecular weight excluding hydrogens is 202 g/mol. The molecule has 2 fully saturated rings.